The highest BCUT2D eigenvalue weighted by atomic mass is 32.1. The van der Waals surface area contributed by atoms with Crippen LogP contribution >= 0.6 is 11.3 Å². The van der Waals surface area contributed by atoms with E-state index in [1.165, 1.54) is 67.1 Å². The minimum absolute atomic E-state index is 0.846. The Morgan fingerprint density at radius 1 is 1.14 bits per heavy atom. The predicted molar refractivity (Wildman–Crippen MR) is 90.9 cm³/mol. The third kappa shape index (κ3) is 4.07. The van der Waals surface area contributed by atoms with E-state index < -0.39 is 0 Å². The van der Waals surface area contributed by atoms with Gasteiger partial charge in [-0.1, -0.05) is 19.8 Å². The summed E-state index contributed by atoms with van der Waals surface area (Å²) in [6.45, 7) is 7.97. The van der Waals surface area contributed by atoms with Gasteiger partial charge >= 0.3 is 0 Å². The van der Waals surface area contributed by atoms with Gasteiger partial charge in [-0.25, -0.2) is 4.98 Å². The molecular weight excluding hydrogens is 276 g/mol. The second kappa shape index (κ2) is 6.78. The molecule has 3 unspecified atom stereocenters. The molecule has 2 aliphatic rings. The third-order valence-electron chi connectivity index (χ3n) is 5.58. The van der Waals surface area contributed by atoms with Gasteiger partial charge in [0.25, 0.3) is 0 Å². The normalized spacial score (nSPS) is 29.8. The van der Waals surface area contributed by atoms with Crippen LogP contribution in [0, 0.1) is 31.6 Å². The number of aryl methyl sites for hydroxylation is 2. The van der Waals surface area contributed by atoms with Crippen LogP contribution in [-0.2, 0) is 6.42 Å². The molecule has 0 saturated heterocycles. The van der Waals surface area contributed by atoms with Crippen molar-refractivity contribution in [1.82, 2.24) is 10.3 Å². The molecule has 2 nitrogen and oxygen atoms in total. The summed E-state index contributed by atoms with van der Waals surface area (Å²) in [4.78, 5) is 6.20. The molecule has 1 aromatic heterocycles. The van der Waals surface area contributed by atoms with Crippen molar-refractivity contribution in [3.8, 4) is 0 Å². The zero-order chi connectivity index (χ0) is 14.8. The van der Waals surface area contributed by atoms with E-state index in [1.807, 2.05) is 11.3 Å². The van der Waals surface area contributed by atoms with E-state index in [1.54, 1.807) is 0 Å². The summed E-state index contributed by atoms with van der Waals surface area (Å²) >= 11 is 1.92. The Morgan fingerprint density at radius 2 is 1.95 bits per heavy atom. The fourth-order valence-corrected chi connectivity index (χ4v) is 4.80. The Labute approximate surface area is 133 Å². The van der Waals surface area contributed by atoms with Gasteiger partial charge in [-0.05, 0) is 63.8 Å². The maximum atomic E-state index is 4.80. The summed E-state index contributed by atoms with van der Waals surface area (Å²) in [5.41, 5.74) is 1.24. The van der Waals surface area contributed by atoms with Gasteiger partial charge in [0.2, 0.25) is 0 Å². The summed E-state index contributed by atoms with van der Waals surface area (Å²) in [6, 6.07) is 0.846. The fraction of sp³-hybridized carbons (Fsp3) is 0.833. The van der Waals surface area contributed by atoms with Crippen LogP contribution in [0.5, 0.6) is 0 Å². The summed E-state index contributed by atoms with van der Waals surface area (Å²) in [5.74, 6) is 2.67. The highest BCUT2D eigenvalue weighted by molar-refractivity contribution is 7.11. The zero-order valence-electron chi connectivity index (χ0n) is 13.8. The molecule has 118 valence electrons. The summed E-state index contributed by atoms with van der Waals surface area (Å²) < 4.78 is 0. The molecule has 2 saturated carbocycles. The Balaban J connectivity index is 1.63. The number of nitrogens with one attached hydrogen (secondary N) is 1. The van der Waals surface area contributed by atoms with Gasteiger partial charge < -0.3 is 5.32 Å². The Kier molecular flexibility index (Phi) is 5.00. The highest BCUT2D eigenvalue weighted by Crippen LogP contribution is 2.38. The van der Waals surface area contributed by atoms with E-state index >= 15 is 0 Å². The number of aromatic nitrogens is 1. The maximum Gasteiger partial charge on any atom is 0.0933 e. The van der Waals surface area contributed by atoms with Gasteiger partial charge in [0.05, 0.1) is 10.7 Å². The molecule has 0 amide bonds. The number of thiazole rings is 1. The first-order valence-corrected chi connectivity index (χ1v) is 9.63. The van der Waals surface area contributed by atoms with Crippen molar-refractivity contribution in [3.05, 3.63) is 15.6 Å². The monoisotopic (exact) mass is 306 g/mol. The standard InChI is InChI=1S/C18H30N2S/c1-4-14-5-6-15(11-19-17-7-8-17)16(9-14)10-18-20-12(2)13(3)21-18/h14-17,19H,4-11H2,1-3H3. The van der Waals surface area contributed by atoms with Crippen LogP contribution in [0.1, 0.15) is 61.0 Å². The number of hydrogen-bond donors (Lipinski definition) is 1. The molecule has 0 bridgehead atoms. The minimum atomic E-state index is 0.846. The van der Waals surface area contributed by atoms with Crippen LogP contribution in [0.2, 0.25) is 0 Å². The zero-order valence-corrected chi connectivity index (χ0v) is 14.6. The third-order valence-corrected chi connectivity index (χ3v) is 6.68. The largest absolute Gasteiger partial charge is 0.314 e. The molecule has 0 aliphatic heterocycles. The highest BCUT2D eigenvalue weighted by Gasteiger charge is 2.32. The average Bonchev–Trinajstić information content (AvgIpc) is 3.24. The summed E-state index contributed by atoms with van der Waals surface area (Å²) in [5, 5.41) is 5.15. The van der Waals surface area contributed by atoms with E-state index in [0.29, 0.717) is 0 Å². The van der Waals surface area contributed by atoms with Crippen molar-refractivity contribution in [1.29, 1.82) is 0 Å². The van der Waals surface area contributed by atoms with Crippen molar-refractivity contribution in [2.45, 2.75) is 71.8 Å². The van der Waals surface area contributed by atoms with E-state index in [2.05, 4.69) is 26.1 Å². The van der Waals surface area contributed by atoms with Crippen LogP contribution in [-0.4, -0.2) is 17.6 Å². The molecule has 0 radical (unpaired) electrons. The minimum Gasteiger partial charge on any atom is -0.314 e. The molecular formula is C18H30N2S. The molecule has 1 N–H and O–H groups in total. The fourth-order valence-electron chi connectivity index (χ4n) is 3.77. The lowest BCUT2D eigenvalue weighted by Gasteiger charge is -2.36. The lowest BCUT2D eigenvalue weighted by molar-refractivity contribution is 0.171. The second-order valence-electron chi connectivity index (χ2n) is 7.24. The SMILES string of the molecule is CCC1CCC(CNC2CC2)C(Cc2nc(C)c(C)s2)C1. The Hall–Kier alpha value is -0.410. The second-order valence-corrected chi connectivity index (χ2v) is 8.53. The topological polar surface area (TPSA) is 24.9 Å². The summed E-state index contributed by atoms with van der Waals surface area (Å²) in [6.07, 6.45) is 9.67. The molecule has 3 rings (SSSR count). The Morgan fingerprint density at radius 3 is 2.57 bits per heavy atom. The lowest BCUT2D eigenvalue weighted by Crippen LogP contribution is -2.35. The van der Waals surface area contributed by atoms with Crippen molar-refractivity contribution < 1.29 is 0 Å². The van der Waals surface area contributed by atoms with Crippen LogP contribution in [0.15, 0.2) is 0 Å². The van der Waals surface area contributed by atoms with E-state index in [0.717, 1.165) is 23.8 Å². The molecule has 1 aromatic rings. The van der Waals surface area contributed by atoms with Crippen molar-refractivity contribution in [3.63, 3.8) is 0 Å². The van der Waals surface area contributed by atoms with Crippen molar-refractivity contribution >= 4 is 11.3 Å². The smallest absolute Gasteiger partial charge is 0.0933 e. The van der Waals surface area contributed by atoms with Crippen LogP contribution in [0.25, 0.3) is 0 Å². The maximum absolute atomic E-state index is 4.80. The predicted octanol–water partition coefficient (Wildman–Crippen LogP) is 4.50. The van der Waals surface area contributed by atoms with E-state index in [-0.39, 0.29) is 0 Å². The van der Waals surface area contributed by atoms with Gasteiger partial charge in [0.15, 0.2) is 0 Å². The van der Waals surface area contributed by atoms with Gasteiger partial charge in [0, 0.05) is 17.3 Å². The molecule has 21 heavy (non-hydrogen) atoms. The summed E-state index contributed by atoms with van der Waals surface area (Å²) in [7, 11) is 0. The molecule has 2 aliphatic carbocycles. The first-order valence-electron chi connectivity index (χ1n) is 8.82. The molecule has 3 atom stereocenters. The molecule has 0 aromatic carbocycles. The first-order chi connectivity index (χ1) is 10.2. The quantitative estimate of drug-likeness (QED) is 0.837. The first kappa shape index (κ1) is 15.5. The van der Waals surface area contributed by atoms with Crippen LogP contribution in [0.4, 0.5) is 0 Å². The number of hydrogen-bond acceptors (Lipinski definition) is 3. The average molecular weight is 307 g/mol. The number of nitrogens with zero attached hydrogens (tertiary/aromatic N) is 1. The van der Waals surface area contributed by atoms with Gasteiger partial charge in [-0.3, -0.25) is 0 Å². The molecule has 3 heteroatoms. The van der Waals surface area contributed by atoms with Crippen molar-refractivity contribution in [2.75, 3.05) is 6.54 Å². The van der Waals surface area contributed by atoms with Crippen molar-refractivity contribution in [2.24, 2.45) is 17.8 Å². The lowest BCUT2D eigenvalue weighted by atomic mass is 9.72. The van der Waals surface area contributed by atoms with E-state index in [4.69, 9.17) is 4.98 Å². The van der Waals surface area contributed by atoms with Gasteiger partial charge in [0.1, 0.15) is 0 Å². The molecule has 0 spiro atoms. The van der Waals surface area contributed by atoms with Crippen LogP contribution < -0.4 is 5.32 Å². The van der Waals surface area contributed by atoms with Gasteiger partial charge in [-0.15, -0.1) is 11.3 Å². The molecule has 1 heterocycles. The van der Waals surface area contributed by atoms with Gasteiger partial charge in [-0.2, -0.15) is 0 Å². The van der Waals surface area contributed by atoms with E-state index in [9.17, 15) is 0 Å². The van der Waals surface area contributed by atoms with Crippen LogP contribution in [0.3, 0.4) is 0 Å². The number of rotatable bonds is 6. The molecule has 2 fully saturated rings. The Bertz CT molecular complexity index is 444.